The van der Waals surface area contributed by atoms with E-state index in [2.05, 4.69) is 20.9 Å². The molecule has 0 aliphatic heterocycles. The Labute approximate surface area is 102 Å². The molecule has 1 heterocycles. The highest BCUT2D eigenvalue weighted by Crippen LogP contribution is 2.27. The largest absolute Gasteiger partial charge is 0.486 e. The normalized spacial score (nSPS) is 10.1. The number of hydrogen-bond donors (Lipinski definition) is 1. The van der Waals surface area contributed by atoms with Crippen LogP contribution in [0.4, 0.5) is 5.69 Å². The number of hydrogen-bond acceptors (Lipinski definition) is 3. The monoisotopic (exact) mass is 278 g/mol. The highest BCUT2D eigenvalue weighted by atomic mass is 79.9. The molecule has 2 rings (SSSR count). The summed E-state index contributed by atoms with van der Waals surface area (Å²) in [5, 5.41) is 0. The molecule has 0 amide bonds. The quantitative estimate of drug-likeness (QED) is 0.878. The van der Waals surface area contributed by atoms with E-state index < -0.39 is 0 Å². The summed E-state index contributed by atoms with van der Waals surface area (Å²) in [6, 6.07) is 11.2. The smallest absolute Gasteiger partial charge is 0.134 e. The third-order valence-electron chi connectivity index (χ3n) is 2.06. The summed E-state index contributed by atoms with van der Waals surface area (Å²) in [5.74, 6) is 0.764. The van der Waals surface area contributed by atoms with Crippen molar-refractivity contribution in [2.24, 2.45) is 0 Å². The van der Waals surface area contributed by atoms with Crippen LogP contribution in [0.5, 0.6) is 5.75 Å². The first kappa shape index (κ1) is 11.0. The molecule has 2 aromatic rings. The van der Waals surface area contributed by atoms with Gasteiger partial charge in [0.1, 0.15) is 12.4 Å². The minimum absolute atomic E-state index is 0.448. The zero-order valence-corrected chi connectivity index (χ0v) is 10.1. The minimum atomic E-state index is 0.448. The van der Waals surface area contributed by atoms with Crippen LogP contribution in [0.15, 0.2) is 47.1 Å². The molecular formula is C12H11BrN2O. The van der Waals surface area contributed by atoms with Crippen molar-refractivity contribution in [2.45, 2.75) is 6.61 Å². The van der Waals surface area contributed by atoms with Gasteiger partial charge in [-0.05, 0) is 46.3 Å². The maximum absolute atomic E-state index is 5.64. The van der Waals surface area contributed by atoms with Gasteiger partial charge in [-0.25, -0.2) is 0 Å². The van der Waals surface area contributed by atoms with E-state index in [1.807, 2.05) is 30.3 Å². The molecule has 0 aliphatic rings. The Morgan fingerprint density at radius 1 is 1.25 bits per heavy atom. The van der Waals surface area contributed by atoms with Gasteiger partial charge in [0.2, 0.25) is 0 Å². The highest BCUT2D eigenvalue weighted by molar-refractivity contribution is 9.10. The van der Waals surface area contributed by atoms with Gasteiger partial charge in [0.25, 0.3) is 0 Å². The molecule has 0 atom stereocenters. The van der Waals surface area contributed by atoms with E-state index in [1.54, 1.807) is 12.3 Å². The molecule has 3 nitrogen and oxygen atoms in total. The maximum Gasteiger partial charge on any atom is 0.134 e. The summed E-state index contributed by atoms with van der Waals surface area (Å²) in [5.41, 5.74) is 7.24. The summed E-state index contributed by atoms with van der Waals surface area (Å²) in [6.07, 6.45) is 1.75. The average molecular weight is 279 g/mol. The van der Waals surface area contributed by atoms with Gasteiger partial charge in [0.05, 0.1) is 10.2 Å². The zero-order chi connectivity index (χ0) is 11.4. The number of rotatable bonds is 3. The number of halogens is 1. The highest BCUT2D eigenvalue weighted by Gasteiger charge is 2.01. The molecule has 0 saturated heterocycles. The van der Waals surface area contributed by atoms with Crippen LogP contribution in [0.1, 0.15) is 5.69 Å². The van der Waals surface area contributed by atoms with Crippen molar-refractivity contribution >= 4 is 21.6 Å². The molecule has 0 saturated carbocycles. The first-order valence-corrected chi connectivity index (χ1v) is 5.63. The van der Waals surface area contributed by atoms with Crippen molar-refractivity contribution in [3.63, 3.8) is 0 Å². The Morgan fingerprint density at radius 2 is 2.12 bits per heavy atom. The molecule has 4 heteroatoms. The van der Waals surface area contributed by atoms with E-state index in [1.165, 1.54) is 0 Å². The number of nitrogens with zero attached hydrogens (tertiary/aromatic N) is 1. The summed E-state index contributed by atoms with van der Waals surface area (Å²) < 4.78 is 6.46. The van der Waals surface area contributed by atoms with Crippen LogP contribution < -0.4 is 10.5 Å². The van der Waals surface area contributed by atoms with Gasteiger partial charge in [0, 0.05) is 11.9 Å². The second-order valence-electron chi connectivity index (χ2n) is 3.30. The topological polar surface area (TPSA) is 48.1 Å². The van der Waals surface area contributed by atoms with Crippen LogP contribution in [0.3, 0.4) is 0 Å². The van der Waals surface area contributed by atoms with Crippen molar-refractivity contribution in [2.75, 3.05) is 5.73 Å². The van der Waals surface area contributed by atoms with Gasteiger partial charge in [0.15, 0.2) is 0 Å². The Morgan fingerprint density at radius 3 is 2.81 bits per heavy atom. The van der Waals surface area contributed by atoms with Gasteiger partial charge in [-0.1, -0.05) is 6.07 Å². The molecule has 0 aliphatic carbocycles. The van der Waals surface area contributed by atoms with Gasteiger partial charge in [-0.15, -0.1) is 0 Å². The minimum Gasteiger partial charge on any atom is -0.486 e. The van der Waals surface area contributed by atoms with E-state index in [9.17, 15) is 0 Å². The predicted molar refractivity (Wildman–Crippen MR) is 67.1 cm³/mol. The van der Waals surface area contributed by atoms with Crippen molar-refractivity contribution in [3.8, 4) is 5.75 Å². The zero-order valence-electron chi connectivity index (χ0n) is 8.56. The van der Waals surface area contributed by atoms with E-state index in [-0.39, 0.29) is 0 Å². The molecule has 2 N–H and O–H groups in total. The molecule has 0 unspecified atom stereocenters. The number of pyridine rings is 1. The predicted octanol–water partition coefficient (Wildman–Crippen LogP) is 3.01. The van der Waals surface area contributed by atoms with Gasteiger partial charge >= 0.3 is 0 Å². The van der Waals surface area contributed by atoms with Gasteiger partial charge in [-0.2, -0.15) is 0 Å². The number of nitrogen functional groups attached to an aromatic ring is 1. The van der Waals surface area contributed by atoms with Crippen LogP contribution >= 0.6 is 15.9 Å². The Bertz CT molecular complexity index is 474. The van der Waals surface area contributed by atoms with E-state index in [4.69, 9.17) is 10.5 Å². The van der Waals surface area contributed by atoms with Crippen molar-refractivity contribution in [1.29, 1.82) is 0 Å². The molecular weight excluding hydrogens is 268 g/mol. The maximum atomic E-state index is 5.64. The number of nitrogens with two attached hydrogens (primary N) is 1. The second kappa shape index (κ2) is 4.99. The van der Waals surface area contributed by atoms with E-state index in [0.717, 1.165) is 15.9 Å². The fourth-order valence-corrected chi connectivity index (χ4v) is 1.78. The van der Waals surface area contributed by atoms with Gasteiger partial charge in [-0.3, -0.25) is 4.98 Å². The lowest BCUT2D eigenvalue weighted by Gasteiger charge is -2.07. The Hall–Kier alpha value is -1.55. The van der Waals surface area contributed by atoms with E-state index in [0.29, 0.717) is 12.3 Å². The lowest BCUT2D eigenvalue weighted by atomic mass is 10.3. The number of ether oxygens (including phenoxy) is 1. The van der Waals surface area contributed by atoms with Crippen LogP contribution in [0.25, 0.3) is 0 Å². The summed E-state index contributed by atoms with van der Waals surface area (Å²) in [7, 11) is 0. The number of aromatic nitrogens is 1. The fourth-order valence-electron chi connectivity index (χ4n) is 1.27. The van der Waals surface area contributed by atoms with Gasteiger partial charge < -0.3 is 10.5 Å². The first-order valence-electron chi connectivity index (χ1n) is 4.83. The number of benzene rings is 1. The Kier molecular flexibility index (Phi) is 3.41. The molecule has 0 radical (unpaired) electrons. The lowest BCUT2D eigenvalue weighted by Crippen LogP contribution is -1.98. The summed E-state index contributed by atoms with van der Waals surface area (Å²) in [6.45, 7) is 0.448. The van der Waals surface area contributed by atoms with Crippen LogP contribution in [-0.4, -0.2) is 4.98 Å². The molecule has 1 aromatic heterocycles. The van der Waals surface area contributed by atoms with Crippen molar-refractivity contribution in [3.05, 3.63) is 52.8 Å². The van der Waals surface area contributed by atoms with E-state index >= 15 is 0 Å². The van der Waals surface area contributed by atoms with Crippen LogP contribution in [0, 0.1) is 0 Å². The summed E-state index contributed by atoms with van der Waals surface area (Å²) in [4.78, 5) is 4.18. The molecule has 0 fully saturated rings. The van der Waals surface area contributed by atoms with Crippen molar-refractivity contribution < 1.29 is 4.74 Å². The lowest BCUT2D eigenvalue weighted by molar-refractivity contribution is 0.299. The molecule has 0 spiro atoms. The third kappa shape index (κ3) is 2.73. The van der Waals surface area contributed by atoms with Crippen LogP contribution in [-0.2, 0) is 6.61 Å². The third-order valence-corrected chi connectivity index (χ3v) is 2.68. The molecule has 82 valence electrons. The Balaban J connectivity index is 2.05. The second-order valence-corrected chi connectivity index (χ2v) is 4.15. The van der Waals surface area contributed by atoms with Crippen LogP contribution in [0.2, 0.25) is 0 Å². The SMILES string of the molecule is Nc1ccc(OCc2ccccn2)c(Br)c1. The standard InChI is InChI=1S/C12H11BrN2O/c13-11-7-9(14)4-5-12(11)16-8-10-3-1-2-6-15-10/h1-7H,8,14H2. The fraction of sp³-hybridized carbons (Fsp3) is 0.0833. The average Bonchev–Trinajstić information content (AvgIpc) is 2.29. The van der Waals surface area contributed by atoms with Crippen molar-refractivity contribution in [1.82, 2.24) is 4.98 Å². The molecule has 1 aromatic carbocycles. The molecule has 16 heavy (non-hydrogen) atoms. The first-order chi connectivity index (χ1) is 7.75. The number of anilines is 1. The molecule has 0 bridgehead atoms. The summed E-state index contributed by atoms with van der Waals surface area (Å²) >= 11 is 3.40.